The van der Waals surface area contributed by atoms with Crippen molar-refractivity contribution in [3.63, 3.8) is 0 Å². The average molecular weight is 304 g/mol. The van der Waals surface area contributed by atoms with Crippen LogP contribution in [0.2, 0.25) is 10.0 Å². The topological polar surface area (TPSA) is 47.6 Å². The van der Waals surface area contributed by atoms with E-state index in [1.807, 2.05) is 0 Å². The summed E-state index contributed by atoms with van der Waals surface area (Å²) in [4.78, 5) is 11.6. The van der Waals surface area contributed by atoms with Crippen molar-refractivity contribution >= 4 is 29.1 Å². The Hall–Kier alpha value is -0.970. The smallest absolute Gasteiger partial charge is 0.258 e. The minimum atomic E-state index is -0.193. The van der Waals surface area contributed by atoms with Crippen LogP contribution in [0.5, 0.6) is 5.75 Å². The molecule has 0 aliphatic carbocycles. The van der Waals surface area contributed by atoms with Gasteiger partial charge in [-0.05, 0) is 31.0 Å². The van der Waals surface area contributed by atoms with Gasteiger partial charge in [-0.2, -0.15) is 0 Å². The van der Waals surface area contributed by atoms with Gasteiger partial charge in [0.1, 0.15) is 5.75 Å². The van der Waals surface area contributed by atoms with Crippen molar-refractivity contribution in [2.75, 3.05) is 19.8 Å². The van der Waals surface area contributed by atoms with Crippen LogP contribution in [0.4, 0.5) is 0 Å². The van der Waals surface area contributed by atoms with Crippen molar-refractivity contribution in [1.29, 1.82) is 0 Å². The number of carbonyl (C=O) groups is 1. The molecule has 2 rings (SSSR count). The first-order valence-corrected chi connectivity index (χ1v) is 6.87. The second kappa shape index (κ2) is 6.98. The molecule has 0 aromatic heterocycles. The van der Waals surface area contributed by atoms with E-state index in [0.717, 1.165) is 19.4 Å². The number of nitrogens with one attached hydrogen (secondary N) is 1. The Morgan fingerprint density at radius 2 is 2.32 bits per heavy atom. The van der Waals surface area contributed by atoms with Crippen molar-refractivity contribution in [2.45, 2.75) is 18.9 Å². The summed E-state index contributed by atoms with van der Waals surface area (Å²) in [6, 6.07) is 4.87. The zero-order valence-electron chi connectivity index (χ0n) is 10.3. The molecule has 1 saturated heterocycles. The van der Waals surface area contributed by atoms with Gasteiger partial charge in [-0.1, -0.05) is 23.2 Å². The molecular weight excluding hydrogens is 289 g/mol. The first-order chi connectivity index (χ1) is 9.15. The summed E-state index contributed by atoms with van der Waals surface area (Å²) in [6.07, 6.45) is 2.17. The Kier molecular flexibility index (Phi) is 5.31. The number of carbonyl (C=O) groups excluding carboxylic acids is 1. The van der Waals surface area contributed by atoms with Gasteiger partial charge in [0.05, 0.1) is 11.1 Å². The largest absolute Gasteiger partial charge is 0.482 e. The van der Waals surface area contributed by atoms with E-state index < -0.39 is 0 Å². The fraction of sp³-hybridized carbons (Fsp3) is 0.462. The van der Waals surface area contributed by atoms with Gasteiger partial charge in [0.2, 0.25) is 0 Å². The summed E-state index contributed by atoms with van der Waals surface area (Å²) in [5.74, 6) is 0.250. The fourth-order valence-corrected chi connectivity index (χ4v) is 2.28. The van der Waals surface area contributed by atoms with Gasteiger partial charge in [0.15, 0.2) is 6.61 Å². The second-order valence-electron chi connectivity index (χ2n) is 4.30. The Morgan fingerprint density at radius 1 is 1.47 bits per heavy atom. The predicted octanol–water partition coefficient (Wildman–Crippen LogP) is 2.67. The van der Waals surface area contributed by atoms with Gasteiger partial charge in [-0.3, -0.25) is 4.79 Å². The first-order valence-electron chi connectivity index (χ1n) is 6.11. The molecule has 1 aromatic rings. The quantitative estimate of drug-likeness (QED) is 0.910. The summed E-state index contributed by atoms with van der Waals surface area (Å²) in [5, 5.41) is 3.68. The molecule has 6 heteroatoms. The van der Waals surface area contributed by atoms with Crippen molar-refractivity contribution in [3.05, 3.63) is 28.2 Å². The zero-order valence-corrected chi connectivity index (χ0v) is 11.8. The fourth-order valence-electron chi connectivity index (χ4n) is 1.82. The lowest BCUT2D eigenvalue weighted by Gasteiger charge is -2.12. The lowest BCUT2D eigenvalue weighted by molar-refractivity contribution is -0.123. The molecule has 0 radical (unpaired) electrons. The minimum absolute atomic E-state index is 0.0753. The van der Waals surface area contributed by atoms with Crippen molar-refractivity contribution < 1.29 is 14.3 Å². The predicted molar refractivity (Wildman–Crippen MR) is 73.9 cm³/mol. The third-order valence-electron chi connectivity index (χ3n) is 2.80. The van der Waals surface area contributed by atoms with Crippen molar-refractivity contribution in [2.24, 2.45) is 0 Å². The van der Waals surface area contributed by atoms with Crippen molar-refractivity contribution in [3.8, 4) is 5.75 Å². The number of hydrogen-bond donors (Lipinski definition) is 1. The standard InChI is InChI=1S/C13H15Cl2NO3/c14-9-3-4-12(11(15)6-9)19-8-13(17)16-7-10-2-1-5-18-10/h3-4,6,10H,1-2,5,7-8H2,(H,16,17)/t10-/m0/s1. The molecule has 4 nitrogen and oxygen atoms in total. The molecule has 0 bridgehead atoms. The third-order valence-corrected chi connectivity index (χ3v) is 3.33. The Labute approximate surface area is 122 Å². The highest BCUT2D eigenvalue weighted by atomic mass is 35.5. The molecule has 0 saturated carbocycles. The SMILES string of the molecule is O=C(COc1ccc(Cl)cc1Cl)NC[C@@H]1CCCO1. The molecular formula is C13H15Cl2NO3. The highest BCUT2D eigenvalue weighted by molar-refractivity contribution is 6.35. The van der Waals surface area contributed by atoms with E-state index in [-0.39, 0.29) is 18.6 Å². The van der Waals surface area contributed by atoms with E-state index in [0.29, 0.717) is 22.3 Å². The van der Waals surface area contributed by atoms with Crippen LogP contribution >= 0.6 is 23.2 Å². The van der Waals surface area contributed by atoms with Crippen LogP contribution in [0, 0.1) is 0 Å². The molecule has 1 N–H and O–H groups in total. The second-order valence-corrected chi connectivity index (χ2v) is 5.15. The monoisotopic (exact) mass is 303 g/mol. The van der Waals surface area contributed by atoms with Gasteiger partial charge >= 0.3 is 0 Å². The summed E-state index contributed by atoms with van der Waals surface area (Å²) in [5.41, 5.74) is 0. The van der Waals surface area contributed by atoms with Gasteiger partial charge in [-0.15, -0.1) is 0 Å². The molecule has 1 aliphatic rings. The maximum atomic E-state index is 11.6. The van der Waals surface area contributed by atoms with E-state index in [2.05, 4.69) is 5.32 Å². The maximum Gasteiger partial charge on any atom is 0.258 e. The zero-order chi connectivity index (χ0) is 13.7. The van der Waals surface area contributed by atoms with Crippen LogP contribution in [0.15, 0.2) is 18.2 Å². The van der Waals surface area contributed by atoms with E-state index in [9.17, 15) is 4.79 Å². The van der Waals surface area contributed by atoms with E-state index in [4.69, 9.17) is 32.7 Å². The summed E-state index contributed by atoms with van der Waals surface area (Å²) < 4.78 is 10.7. The average Bonchev–Trinajstić information content (AvgIpc) is 2.88. The summed E-state index contributed by atoms with van der Waals surface area (Å²) in [7, 11) is 0. The summed E-state index contributed by atoms with van der Waals surface area (Å²) >= 11 is 11.7. The Bertz CT molecular complexity index is 448. The number of rotatable bonds is 5. The van der Waals surface area contributed by atoms with Gasteiger partial charge < -0.3 is 14.8 Å². The van der Waals surface area contributed by atoms with E-state index >= 15 is 0 Å². The Balaban J connectivity index is 1.73. The van der Waals surface area contributed by atoms with Crippen LogP contribution in [0.3, 0.4) is 0 Å². The van der Waals surface area contributed by atoms with Gasteiger partial charge in [0, 0.05) is 18.2 Å². The Morgan fingerprint density at radius 3 is 3.00 bits per heavy atom. The molecule has 1 fully saturated rings. The molecule has 0 spiro atoms. The molecule has 1 heterocycles. The number of amides is 1. The lowest BCUT2D eigenvalue weighted by Crippen LogP contribution is -2.35. The number of halogens is 2. The molecule has 1 atom stereocenters. The highest BCUT2D eigenvalue weighted by Crippen LogP contribution is 2.27. The molecule has 104 valence electrons. The molecule has 19 heavy (non-hydrogen) atoms. The molecule has 1 aliphatic heterocycles. The number of benzene rings is 1. The van der Waals surface area contributed by atoms with Crippen LogP contribution in [-0.4, -0.2) is 31.8 Å². The number of ether oxygens (including phenoxy) is 2. The van der Waals surface area contributed by atoms with Crippen LogP contribution in [-0.2, 0) is 9.53 Å². The lowest BCUT2D eigenvalue weighted by atomic mass is 10.2. The normalized spacial score (nSPS) is 18.3. The van der Waals surface area contributed by atoms with Crippen LogP contribution < -0.4 is 10.1 Å². The summed E-state index contributed by atoms with van der Waals surface area (Å²) in [6.45, 7) is 1.22. The van der Waals surface area contributed by atoms with E-state index in [1.165, 1.54) is 0 Å². The minimum Gasteiger partial charge on any atom is -0.482 e. The number of hydrogen-bond acceptors (Lipinski definition) is 3. The third kappa shape index (κ3) is 4.56. The first kappa shape index (κ1) is 14.4. The van der Waals surface area contributed by atoms with Gasteiger partial charge in [-0.25, -0.2) is 0 Å². The highest BCUT2D eigenvalue weighted by Gasteiger charge is 2.16. The van der Waals surface area contributed by atoms with Crippen molar-refractivity contribution in [1.82, 2.24) is 5.32 Å². The molecule has 0 unspecified atom stereocenters. The van der Waals surface area contributed by atoms with Gasteiger partial charge in [0.25, 0.3) is 5.91 Å². The molecule has 1 aromatic carbocycles. The van der Waals surface area contributed by atoms with Crippen LogP contribution in [0.25, 0.3) is 0 Å². The van der Waals surface area contributed by atoms with Crippen LogP contribution in [0.1, 0.15) is 12.8 Å². The molecule has 1 amide bonds. The maximum absolute atomic E-state index is 11.6. The van der Waals surface area contributed by atoms with E-state index in [1.54, 1.807) is 18.2 Å².